The van der Waals surface area contributed by atoms with Gasteiger partial charge in [-0.25, -0.2) is 0 Å². The highest BCUT2D eigenvalue weighted by atomic mass is 28.4. The maximum Gasteiger partial charge on any atom is 0.262 e. The number of ether oxygens (including phenoxy) is 2. The van der Waals surface area contributed by atoms with E-state index in [1.165, 1.54) is 0 Å². The van der Waals surface area contributed by atoms with E-state index in [1.54, 1.807) is 24.3 Å². The van der Waals surface area contributed by atoms with Gasteiger partial charge in [-0.2, -0.15) is 0 Å². The summed E-state index contributed by atoms with van der Waals surface area (Å²) in [6, 6.07) is 25.0. The monoisotopic (exact) mass is 630 g/mol. The van der Waals surface area contributed by atoms with E-state index >= 15 is 0 Å². The van der Waals surface area contributed by atoms with Gasteiger partial charge >= 0.3 is 0 Å². The van der Waals surface area contributed by atoms with E-state index in [-0.39, 0.29) is 35.9 Å². The van der Waals surface area contributed by atoms with Crippen molar-refractivity contribution in [3.05, 3.63) is 106 Å². The van der Waals surface area contributed by atoms with E-state index in [9.17, 15) is 19.8 Å². The molecule has 12 heteroatoms. The van der Waals surface area contributed by atoms with Crippen LogP contribution in [0.5, 0.6) is 0 Å². The smallest absolute Gasteiger partial charge is 0.262 e. The van der Waals surface area contributed by atoms with Crippen molar-refractivity contribution in [3.8, 4) is 0 Å². The minimum absolute atomic E-state index is 0.0501. The first kappa shape index (κ1) is 32.5. The zero-order chi connectivity index (χ0) is 32.2. The summed E-state index contributed by atoms with van der Waals surface area (Å²) in [7, 11) is -3.03. The third-order valence-electron chi connectivity index (χ3n) is 8.42. The second-order valence-electron chi connectivity index (χ2n) is 12.2. The van der Waals surface area contributed by atoms with E-state index in [1.807, 2.05) is 60.7 Å². The fourth-order valence-corrected chi connectivity index (χ4v) is 10.9. The van der Waals surface area contributed by atoms with Crippen LogP contribution in [0.15, 0.2) is 90.0 Å². The van der Waals surface area contributed by atoms with Crippen molar-refractivity contribution in [1.82, 2.24) is 4.90 Å². The highest BCUT2D eigenvalue weighted by Crippen LogP contribution is 2.38. The van der Waals surface area contributed by atoms with Crippen LogP contribution in [0.25, 0.3) is 10.4 Å². The third kappa shape index (κ3) is 6.18. The minimum atomic E-state index is -3.03. The summed E-state index contributed by atoms with van der Waals surface area (Å²) in [6.07, 6.45) is -5.13. The third-order valence-corrected chi connectivity index (χ3v) is 13.4. The zero-order valence-electron chi connectivity index (χ0n) is 25.5. The van der Waals surface area contributed by atoms with Crippen molar-refractivity contribution < 1.29 is 33.7 Å². The number of azide groups is 1. The second kappa shape index (κ2) is 13.6. The summed E-state index contributed by atoms with van der Waals surface area (Å²) in [6.45, 7) is 6.49. The van der Waals surface area contributed by atoms with Gasteiger partial charge in [0.15, 0.2) is 6.29 Å². The Morgan fingerprint density at radius 2 is 1.42 bits per heavy atom. The molecule has 0 aliphatic carbocycles. The number of benzene rings is 3. The Morgan fingerprint density at radius 3 is 1.93 bits per heavy atom. The van der Waals surface area contributed by atoms with Crippen LogP contribution in [0.3, 0.4) is 0 Å². The zero-order valence-corrected chi connectivity index (χ0v) is 26.5. The van der Waals surface area contributed by atoms with Crippen molar-refractivity contribution in [1.29, 1.82) is 0 Å². The molecule has 3 aromatic carbocycles. The normalized spacial score (nSPS) is 23.5. The summed E-state index contributed by atoms with van der Waals surface area (Å²) in [5, 5.41) is 28.2. The number of hydrogen-bond acceptors (Lipinski definition) is 8. The van der Waals surface area contributed by atoms with Crippen LogP contribution < -0.4 is 10.4 Å². The number of amides is 2. The molecule has 0 radical (unpaired) electrons. The topological polar surface area (TPSA) is 154 Å². The Balaban J connectivity index is 1.46. The molecule has 2 aliphatic heterocycles. The van der Waals surface area contributed by atoms with Crippen molar-refractivity contribution >= 4 is 30.5 Å². The quantitative estimate of drug-likeness (QED) is 0.0822. The molecule has 0 aromatic heterocycles. The molecule has 2 heterocycles. The van der Waals surface area contributed by atoms with Gasteiger partial charge in [-0.05, 0) is 39.5 Å². The van der Waals surface area contributed by atoms with Crippen LogP contribution >= 0.6 is 0 Å². The maximum atomic E-state index is 13.4. The lowest BCUT2D eigenvalue weighted by atomic mass is 9.95. The molecular weight excluding hydrogens is 592 g/mol. The molecule has 1 saturated heterocycles. The van der Waals surface area contributed by atoms with Crippen molar-refractivity contribution in [2.75, 3.05) is 19.8 Å². The minimum Gasteiger partial charge on any atom is -0.405 e. The molecule has 0 unspecified atom stereocenters. The number of imide groups is 1. The standard InChI is InChI=1S/C33H38N4O7Si/c1-33(2,3)45(22-13-6-4-7-14-22,23-15-8-5-9-16-23)43-21-26-28(38)29(39)27(32(44-26)42-20-12-19-35-36-34)37-30(40)24-17-10-11-18-25(24)31(37)41/h4-11,13-18,26-29,32,38-39H,12,19-21H2,1-3H3/t26-,27-,28-,29-,32-/m1/s1. The van der Waals surface area contributed by atoms with Crippen molar-refractivity contribution in [2.45, 2.75) is 62.9 Å². The Kier molecular flexibility index (Phi) is 9.85. The SMILES string of the molecule is CC(C)(C)[Si](OC[C@H]1O[C@@H](OCCCN=[N+]=[N-])[C@H](N2C(=O)c3ccccc3C2=O)[C@@H](O)[C@@H]1O)(c1ccccc1)c1ccccc1. The van der Waals surface area contributed by atoms with Crippen LogP contribution in [0.2, 0.25) is 5.04 Å². The Labute approximate surface area is 263 Å². The number of rotatable bonds is 11. The van der Waals surface area contributed by atoms with E-state index in [0.29, 0.717) is 6.42 Å². The molecule has 5 rings (SSSR count). The molecule has 236 valence electrons. The molecule has 3 aromatic rings. The predicted molar refractivity (Wildman–Crippen MR) is 170 cm³/mol. The van der Waals surface area contributed by atoms with Crippen LogP contribution in [-0.2, 0) is 13.9 Å². The highest BCUT2D eigenvalue weighted by molar-refractivity contribution is 6.99. The largest absolute Gasteiger partial charge is 0.405 e. The van der Waals surface area contributed by atoms with E-state index < -0.39 is 50.8 Å². The molecule has 1 fully saturated rings. The average Bonchev–Trinajstić information content (AvgIpc) is 3.29. The second-order valence-corrected chi connectivity index (χ2v) is 16.5. The summed E-state index contributed by atoms with van der Waals surface area (Å²) in [5.74, 6) is -1.22. The number of nitrogens with zero attached hydrogens (tertiary/aromatic N) is 4. The molecule has 0 bridgehead atoms. The maximum absolute atomic E-state index is 13.4. The van der Waals surface area contributed by atoms with Gasteiger partial charge in [-0.3, -0.25) is 14.5 Å². The molecule has 2 N–H and O–H groups in total. The average molecular weight is 631 g/mol. The molecule has 2 amide bonds. The summed E-state index contributed by atoms with van der Waals surface area (Å²) in [4.78, 5) is 30.5. The molecule has 45 heavy (non-hydrogen) atoms. The molecule has 0 spiro atoms. The molecule has 5 atom stereocenters. The lowest BCUT2D eigenvalue weighted by Gasteiger charge is -2.47. The molecule has 2 aliphatic rings. The first-order valence-electron chi connectivity index (χ1n) is 15.0. The van der Waals surface area contributed by atoms with Gasteiger partial charge < -0.3 is 24.1 Å². The number of hydrogen-bond donors (Lipinski definition) is 2. The van der Waals surface area contributed by atoms with Gasteiger partial charge in [0, 0.05) is 18.1 Å². The first-order chi connectivity index (χ1) is 21.6. The van der Waals surface area contributed by atoms with Gasteiger partial charge in [0.2, 0.25) is 0 Å². The number of aliphatic hydroxyl groups excluding tert-OH is 2. The van der Waals surface area contributed by atoms with E-state index in [4.69, 9.17) is 19.4 Å². The summed E-state index contributed by atoms with van der Waals surface area (Å²) < 4.78 is 19.3. The van der Waals surface area contributed by atoms with E-state index in [2.05, 4.69) is 30.8 Å². The Morgan fingerprint density at radius 1 is 0.889 bits per heavy atom. The lowest BCUT2D eigenvalue weighted by Crippen LogP contribution is -2.69. The van der Waals surface area contributed by atoms with Crippen LogP contribution in [-0.4, -0.2) is 85.6 Å². The number of carbonyl (C=O) groups is 2. The Hall–Kier alpha value is -3.87. The van der Waals surface area contributed by atoms with Crippen LogP contribution in [0.1, 0.15) is 47.9 Å². The molecule has 0 saturated carbocycles. The van der Waals surface area contributed by atoms with Gasteiger partial charge in [-0.1, -0.05) is 98.7 Å². The van der Waals surface area contributed by atoms with Crippen molar-refractivity contribution in [3.63, 3.8) is 0 Å². The lowest BCUT2D eigenvalue weighted by molar-refractivity contribution is -0.278. The van der Waals surface area contributed by atoms with Gasteiger partial charge in [0.25, 0.3) is 20.1 Å². The summed E-state index contributed by atoms with van der Waals surface area (Å²) >= 11 is 0. The Bertz CT molecular complexity index is 1470. The highest BCUT2D eigenvalue weighted by Gasteiger charge is 2.55. The predicted octanol–water partition coefficient (Wildman–Crippen LogP) is 3.39. The number of fused-ring (bicyclic) bond motifs is 1. The van der Waals surface area contributed by atoms with E-state index in [0.717, 1.165) is 15.3 Å². The van der Waals surface area contributed by atoms with Crippen molar-refractivity contribution in [2.24, 2.45) is 5.11 Å². The fourth-order valence-electron chi connectivity index (χ4n) is 6.29. The molecular formula is C33H38N4O7Si. The summed E-state index contributed by atoms with van der Waals surface area (Å²) in [5.41, 5.74) is 9.02. The van der Waals surface area contributed by atoms with Crippen LogP contribution in [0, 0.1) is 0 Å². The van der Waals surface area contributed by atoms with Crippen LogP contribution in [0.4, 0.5) is 0 Å². The first-order valence-corrected chi connectivity index (χ1v) is 16.9. The fraction of sp³-hybridized carbons (Fsp3) is 0.394. The van der Waals surface area contributed by atoms with Gasteiger partial charge in [0.05, 0.1) is 17.7 Å². The number of aliphatic hydroxyl groups is 2. The van der Waals surface area contributed by atoms with Gasteiger partial charge in [-0.15, -0.1) is 0 Å². The van der Waals surface area contributed by atoms with Gasteiger partial charge in [0.1, 0.15) is 24.4 Å². The number of carbonyl (C=O) groups excluding carboxylic acids is 2. The molecule has 11 nitrogen and oxygen atoms in total.